The SMILES string of the molecule is Cc1ccccc1[CH]CC(C)(C)C. The standard InChI is InChI=1S/C13H19/c1-11-7-5-6-8-12(11)9-10-13(2,3)4/h5-9H,10H2,1-4H3. The molecule has 0 saturated heterocycles. The Kier molecular flexibility index (Phi) is 3.13. The van der Waals surface area contributed by atoms with E-state index in [2.05, 4.69) is 58.4 Å². The minimum atomic E-state index is 0.391. The van der Waals surface area contributed by atoms with Crippen LogP contribution in [0.15, 0.2) is 24.3 Å². The van der Waals surface area contributed by atoms with E-state index < -0.39 is 0 Å². The highest BCUT2D eigenvalue weighted by atomic mass is 14.2. The van der Waals surface area contributed by atoms with E-state index in [9.17, 15) is 0 Å². The van der Waals surface area contributed by atoms with Gasteiger partial charge in [0.1, 0.15) is 0 Å². The minimum Gasteiger partial charge on any atom is -0.0620 e. The molecular weight excluding hydrogens is 156 g/mol. The Balaban J connectivity index is 2.60. The zero-order valence-electron chi connectivity index (χ0n) is 9.09. The van der Waals surface area contributed by atoms with Crippen molar-refractivity contribution in [1.82, 2.24) is 0 Å². The second-order valence-corrected chi connectivity index (χ2v) is 4.83. The Morgan fingerprint density at radius 3 is 2.31 bits per heavy atom. The first-order chi connectivity index (χ1) is 5.99. The second-order valence-electron chi connectivity index (χ2n) is 4.83. The van der Waals surface area contributed by atoms with E-state index in [4.69, 9.17) is 0 Å². The molecule has 0 nitrogen and oxygen atoms in total. The molecule has 0 heteroatoms. The van der Waals surface area contributed by atoms with E-state index in [1.807, 2.05) is 0 Å². The monoisotopic (exact) mass is 175 g/mol. The molecule has 0 aliphatic carbocycles. The van der Waals surface area contributed by atoms with Gasteiger partial charge in [-0.15, -0.1) is 0 Å². The smallest absolute Gasteiger partial charge is 0.00852 e. The first kappa shape index (κ1) is 10.3. The number of benzene rings is 1. The summed E-state index contributed by atoms with van der Waals surface area (Å²) in [5.74, 6) is 0. The van der Waals surface area contributed by atoms with E-state index in [0.29, 0.717) is 5.41 Å². The lowest BCUT2D eigenvalue weighted by molar-refractivity contribution is 0.409. The van der Waals surface area contributed by atoms with Gasteiger partial charge in [-0.3, -0.25) is 0 Å². The number of aryl methyl sites for hydroxylation is 1. The molecule has 0 aliphatic rings. The Hall–Kier alpha value is -0.780. The zero-order valence-corrected chi connectivity index (χ0v) is 9.09. The predicted octanol–water partition coefficient (Wildman–Crippen LogP) is 3.98. The van der Waals surface area contributed by atoms with Crippen molar-refractivity contribution in [2.75, 3.05) is 0 Å². The molecule has 1 rings (SSSR count). The van der Waals surface area contributed by atoms with Gasteiger partial charge in [0.2, 0.25) is 0 Å². The Morgan fingerprint density at radius 1 is 1.15 bits per heavy atom. The van der Waals surface area contributed by atoms with Crippen molar-refractivity contribution in [2.24, 2.45) is 5.41 Å². The highest BCUT2D eigenvalue weighted by Crippen LogP contribution is 2.23. The Morgan fingerprint density at radius 2 is 1.77 bits per heavy atom. The normalized spacial score (nSPS) is 11.7. The molecule has 1 radical (unpaired) electrons. The number of hydrogen-bond acceptors (Lipinski definition) is 0. The molecule has 0 aromatic heterocycles. The third kappa shape index (κ3) is 3.63. The van der Waals surface area contributed by atoms with E-state index >= 15 is 0 Å². The molecule has 0 aliphatic heterocycles. The lowest BCUT2D eigenvalue weighted by Crippen LogP contribution is -2.05. The van der Waals surface area contributed by atoms with E-state index in [1.165, 1.54) is 11.1 Å². The molecule has 0 saturated carbocycles. The summed E-state index contributed by atoms with van der Waals surface area (Å²) in [7, 11) is 0. The van der Waals surface area contributed by atoms with Crippen LogP contribution in [-0.4, -0.2) is 0 Å². The van der Waals surface area contributed by atoms with Crippen molar-refractivity contribution in [3.63, 3.8) is 0 Å². The third-order valence-corrected chi connectivity index (χ3v) is 2.12. The lowest BCUT2D eigenvalue weighted by Gasteiger charge is -2.18. The molecule has 0 unspecified atom stereocenters. The number of rotatable bonds is 2. The quantitative estimate of drug-likeness (QED) is 0.637. The van der Waals surface area contributed by atoms with Gasteiger partial charge >= 0.3 is 0 Å². The van der Waals surface area contributed by atoms with Crippen molar-refractivity contribution in [3.8, 4) is 0 Å². The Labute approximate surface area is 82.0 Å². The van der Waals surface area contributed by atoms with Crippen molar-refractivity contribution >= 4 is 0 Å². The maximum Gasteiger partial charge on any atom is -0.00852 e. The minimum absolute atomic E-state index is 0.391. The van der Waals surface area contributed by atoms with Crippen molar-refractivity contribution in [1.29, 1.82) is 0 Å². The third-order valence-electron chi connectivity index (χ3n) is 2.12. The first-order valence-electron chi connectivity index (χ1n) is 4.88. The van der Waals surface area contributed by atoms with Gasteiger partial charge in [-0.1, -0.05) is 45.0 Å². The summed E-state index contributed by atoms with van der Waals surface area (Å²) < 4.78 is 0. The molecule has 0 amide bonds. The van der Waals surface area contributed by atoms with Gasteiger partial charge in [-0.05, 0) is 36.3 Å². The largest absolute Gasteiger partial charge is 0.0620 e. The van der Waals surface area contributed by atoms with E-state index in [-0.39, 0.29) is 0 Å². The second kappa shape index (κ2) is 3.95. The Bertz CT molecular complexity index is 266. The summed E-state index contributed by atoms with van der Waals surface area (Å²) in [5.41, 5.74) is 3.13. The number of hydrogen-bond donors (Lipinski definition) is 0. The van der Waals surface area contributed by atoms with Crippen LogP contribution in [-0.2, 0) is 0 Å². The van der Waals surface area contributed by atoms with Crippen LogP contribution in [0.25, 0.3) is 0 Å². The van der Waals surface area contributed by atoms with Gasteiger partial charge in [0.15, 0.2) is 0 Å². The summed E-state index contributed by atoms with van der Waals surface area (Å²) >= 11 is 0. The fourth-order valence-corrected chi connectivity index (χ4v) is 1.23. The van der Waals surface area contributed by atoms with E-state index in [1.54, 1.807) is 0 Å². The van der Waals surface area contributed by atoms with Crippen LogP contribution in [0, 0.1) is 18.8 Å². The highest BCUT2D eigenvalue weighted by molar-refractivity contribution is 5.31. The molecule has 1 aromatic rings. The predicted molar refractivity (Wildman–Crippen MR) is 58.7 cm³/mol. The van der Waals surface area contributed by atoms with Crippen LogP contribution in [0.2, 0.25) is 0 Å². The topological polar surface area (TPSA) is 0 Å². The van der Waals surface area contributed by atoms with Gasteiger partial charge in [0.25, 0.3) is 0 Å². The summed E-state index contributed by atoms with van der Waals surface area (Å²) in [5, 5.41) is 0. The van der Waals surface area contributed by atoms with Crippen LogP contribution in [0.3, 0.4) is 0 Å². The van der Waals surface area contributed by atoms with Crippen LogP contribution in [0.1, 0.15) is 38.3 Å². The van der Waals surface area contributed by atoms with Crippen molar-refractivity contribution < 1.29 is 0 Å². The zero-order chi connectivity index (χ0) is 9.90. The maximum absolute atomic E-state index is 2.33. The molecule has 0 spiro atoms. The summed E-state index contributed by atoms with van der Waals surface area (Å²) in [4.78, 5) is 0. The molecule has 13 heavy (non-hydrogen) atoms. The average Bonchev–Trinajstić information content (AvgIpc) is 2.01. The van der Waals surface area contributed by atoms with Crippen LogP contribution >= 0.6 is 0 Å². The lowest BCUT2D eigenvalue weighted by atomic mass is 9.88. The molecule has 0 N–H and O–H groups in total. The average molecular weight is 175 g/mol. The van der Waals surface area contributed by atoms with Gasteiger partial charge in [-0.2, -0.15) is 0 Å². The van der Waals surface area contributed by atoms with Crippen molar-refractivity contribution in [2.45, 2.75) is 34.1 Å². The summed E-state index contributed by atoms with van der Waals surface area (Å²) in [6, 6.07) is 8.53. The van der Waals surface area contributed by atoms with Gasteiger partial charge in [0.05, 0.1) is 0 Å². The van der Waals surface area contributed by atoms with Crippen molar-refractivity contribution in [3.05, 3.63) is 41.8 Å². The first-order valence-corrected chi connectivity index (χ1v) is 4.88. The molecule has 0 atom stereocenters. The van der Waals surface area contributed by atoms with E-state index in [0.717, 1.165) is 6.42 Å². The summed E-state index contributed by atoms with van der Waals surface area (Å²) in [6.45, 7) is 8.96. The van der Waals surface area contributed by atoms with Crippen LogP contribution in [0.4, 0.5) is 0 Å². The molecular formula is C13H19. The fourth-order valence-electron chi connectivity index (χ4n) is 1.23. The highest BCUT2D eigenvalue weighted by Gasteiger charge is 2.10. The maximum atomic E-state index is 2.33. The fraction of sp³-hybridized carbons (Fsp3) is 0.462. The van der Waals surface area contributed by atoms with Crippen LogP contribution in [0.5, 0.6) is 0 Å². The molecule has 71 valence electrons. The van der Waals surface area contributed by atoms with Gasteiger partial charge in [-0.25, -0.2) is 0 Å². The molecule has 0 fully saturated rings. The van der Waals surface area contributed by atoms with Gasteiger partial charge in [0, 0.05) is 0 Å². The summed E-state index contributed by atoms with van der Waals surface area (Å²) in [6.07, 6.45) is 3.47. The van der Waals surface area contributed by atoms with Crippen LogP contribution < -0.4 is 0 Å². The molecule has 0 bridgehead atoms. The molecule has 0 heterocycles. The molecule has 1 aromatic carbocycles. The van der Waals surface area contributed by atoms with Gasteiger partial charge < -0.3 is 0 Å².